The molecule has 2 rings (SSSR count). The highest BCUT2D eigenvalue weighted by atomic mass is 16.1. The van der Waals surface area contributed by atoms with E-state index in [0.29, 0.717) is 11.4 Å². The first-order valence-corrected chi connectivity index (χ1v) is 4.81. The van der Waals surface area contributed by atoms with E-state index in [-0.39, 0.29) is 5.91 Å². The average Bonchev–Trinajstić information content (AvgIpc) is 2.55. The molecule has 0 aliphatic rings. The Kier molecular flexibility index (Phi) is 2.44. The van der Waals surface area contributed by atoms with Crippen molar-refractivity contribution in [1.29, 1.82) is 0 Å². The molecule has 0 spiro atoms. The quantitative estimate of drug-likeness (QED) is 0.772. The van der Waals surface area contributed by atoms with Gasteiger partial charge in [0.2, 0.25) is 5.91 Å². The summed E-state index contributed by atoms with van der Waals surface area (Å²) in [5.74, 6) is -0.128. The van der Waals surface area contributed by atoms with E-state index >= 15 is 0 Å². The lowest BCUT2D eigenvalue weighted by molar-refractivity contribution is -0.114. The smallest absolute Gasteiger partial charge is 0.221 e. The summed E-state index contributed by atoms with van der Waals surface area (Å²) >= 11 is 0. The molecule has 1 N–H and O–H groups in total. The third kappa shape index (κ3) is 1.67. The van der Waals surface area contributed by atoms with E-state index in [1.165, 1.54) is 6.92 Å². The summed E-state index contributed by atoms with van der Waals surface area (Å²) in [6, 6.07) is 5.31. The van der Waals surface area contributed by atoms with Gasteiger partial charge in [0.25, 0.3) is 0 Å². The molecule has 82 valence electrons. The molecule has 1 aromatic carbocycles. The van der Waals surface area contributed by atoms with Gasteiger partial charge < -0.3 is 5.32 Å². The molecule has 0 atom stereocenters. The minimum atomic E-state index is -0.128. The van der Waals surface area contributed by atoms with E-state index in [9.17, 15) is 9.59 Å². The van der Waals surface area contributed by atoms with Crippen LogP contribution < -0.4 is 5.32 Å². The number of fused-ring (bicyclic) bond motifs is 1. The topological polar surface area (TPSA) is 64.0 Å². The first-order chi connectivity index (χ1) is 7.61. The summed E-state index contributed by atoms with van der Waals surface area (Å²) in [7, 11) is 1.76. The van der Waals surface area contributed by atoms with Gasteiger partial charge in [-0.2, -0.15) is 5.10 Å². The average molecular weight is 217 g/mol. The molecule has 1 aromatic heterocycles. The molecule has 16 heavy (non-hydrogen) atoms. The Morgan fingerprint density at radius 2 is 2.25 bits per heavy atom. The van der Waals surface area contributed by atoms with Crippen LogP contribution in [0.3, 0.4) is 0 Å². The van der Waals surface area contributed by atoms with Crippen LogP contribution in [0, 0.1) is 0 Å². The SMILES string of the molecule is CC(=O)Nc1ccc2c(C=O)nn(C)c2c1. The van der Waals surface area contributed by atoms with Crippen molar-refractivity contribution < 1.29 is 9.59 Å². The van der Waals surface area contributed by atoms with Crippen molar-refractivity contribution in [1.82, 2.24) is 9.78 Å². The number of hydrogen-bond donors (Lipinski definition) is 1. The number of nitrogens with zero attached hydrogens (tertiary/aromatic N) is 2. The molecule has 0 aliphatic heterocycles. The van der Waals surface area contributed by atoms with Crippen LogP contribution in [0.2, 0.25) is 0 Å². The predicted octanol–water partition coefficient (Wildman–Crippen LogP) is 1.34. The van der Waals surface area contributed by atoms with Crippen LogP contribution in [-0.2, 0) is 11.8 Å². The van der Waals surface area contributed by atoms with E-state index in [1.54, 1.807) is 29.9 Å². The fourth-order valence-corrected chi connectivity index (χ4v) is 1.65. The van der Waals surface area contributed by atoms with Crippen LogP contribution in [0.15, 0.2) is 18.2 Å². The predicted molar refractivity (Wildman–Crippen MR) is 60.4 cm³/mol. The van der Waals surface area contributed by atoms with Gasteiger partial charge in [0, 0.05) is 25.0 Å². The number of aryl methyl sites for hydroxylation is 1. The highest BCUT2D eigenvalue weighted by Crippen LogP contribution is 2.21. The number of nitrogens with one attached hydrogen (secondary N) is 1. The molecule has 1 heterocycles. The Morgan fingerprint density at radius 1 is 1.50 bits per heavy atom. The highest BCUT2D eigenvalue weighted by Gasteiger charge is 2.08. The largest absolute Gasteiger partial charge is 0.326 e. The zero-order valence-corrected chi connectivity index (χ0v) is 9.02. The summed E-state index contributed by atoms with van der Waals surface area (Å²) in [5, 5.41) is 7.53. The summed E-state index contributed by atoms with van der Waals surface area (Å²) in [4.78, 5) is 21.7. The molecule has 0 saturated heterocycles. The number of aldehydes is 1. The zero-order valence-electron chi connectivity index (χ0n) is 9.02. The number of carbonyl (C=O) groups is 2. The Balaban J connectivity index is 2.57. The number of rotatable bonds is 2. The molecule has 2 aromatic rings. The van der Waals surface area contributed by atoms with E-state index < -0.39 is 0 Å². The van der Waals surface area contributed by atoms with Gasteiger partial charge in [-0.25, -0.2) is 0 Å². The van der Waals surface area contributed by atoms with Crippen molar-refractivity contribution in [3.05, 3.63) is 23.9 Å². The first kappa shape index (κ1) is 10.4. The number of benzene rings is 1. The summed E-state index contributed by atoms with van der Waals surface area (Å²) in [6.07, 6.45) is 0.723. The Bertz CT molecular complexity index is 572. The molecular formula is C11H11N3O2. The Morgan fingerprint density at radius 3 is 2.88 bits per heavy atom. The highest BCUT2D eigenvalue weighted by molar-refractivity contribution is 5.98. The summed E-state index contributed by atoms with van der Waals surface area (Å²) in [6.45, 7) is 1.45. The molecular weight excluding hydrogens is 206 g/mol. The van der Waals surface area contributed by atoms with Gasteiger partial charge in [0.05, 0.1) is 5.52 Å². The van der Waals surface area contributed by atoms with Crippen LogP contribution in [0.1, 0.15) is 17.4 Å². The van der Waals surface area contributed by atoms with Gasteiger partial charge in [0.1, 0.15) is 5.69 Å². The summed E-state index contributed by atoms with van der Waals surface area (Å²) in [5.41, 5.74) is 1.92. The van der Waals surface area contributed by atoms with E-state index in [1.807, 2.05) is 0 Å². The van der Waals surface area contributed by atoms with Crippen LogP contribution in [0.25, 0.3) is 10.9 Å². The first-order valence-electron chi connectivity index (χ1n) is 4.81. The maximum absolute atomic E-state index is 10.9. The maximum atomic E-state index is 10.9. The minimum absolute atomic E-state index is 0.128. The molecule has 1 amide bonds. The van der Waals surface area contributed by atoms with E-state index in [2.05, 4.69) is 10.4 Å². The zero-order chi connectivity index (χ0) is 11.7. The van der Waals surface area contributed by atoms with Gasteiger partial charge in [-0.1, -0.05) is 0 Å². The molecule has 0 unspecified atom stereocenters. The molecule has 0 bridgehead atoms. The van der Waals surface area contributed by atoms with Gasteiger partial charge in [-0.15, -0.1) is 0 Å². The van der Waals surface area contributed by atoms with Crippen molar-refractivity contribution in [2.45, 2.75) is 6.92 Å². The van der Waals surface area contributed by atoms with Crippen LogP contribution in [0.4, 0.5) is 5.69 Å². The molecule has 0 fully saturated rings. The van der Waals surface area contributed by atoms with Crippen LogP contribution in [0.5, 0.6) is 0 Å². The minimum Gasteiger partial charge on any atom is -0.326 e. The van der Waals surface area contributed by atoms with Crippen molar-refractivity contribution in [3.8, 4) is 0 Å². The van der Waals surface area contributed by atoms with Gasteiger partial charge in [-0.05, 0) is 18.2 Å². The number of aromatic nitrogens is 2. The lowest BCUT2D eigenvalue weighted by Crippen LogP contribution is -2.05. The number of hydrogen-bond acceptors (Lipinski definition) is 3. The van der Waals surface area contributed by atoms with Crippen LogP contribution in [-0.4, -0.2) is 22.0 Å². The fourth-order valence-electron chi connectivity index (χ4n) is 1.65. The number of amides is 1. The maximum Gasteiger partial charge on any atom is 0.221 e. The number of carbonyl (C=O) groups excluding carboxylic acids is 2. The van der Waals surface area contributed by atoms with Gasteiger partial charge in [0.15, 0.2) is 6.29 Å². The second kappa shape index (κ2) is 3.77. The third-order valence-electron chi connectivity index (χ3n) is 2.31. The lowest BCUT2D eigenvalue weighted by atomic mass is 10.2. The lowest BCUT2D eigenvalue weighted by Gasteiger charge is -2.02. The third-order valence-corrected chi connectivity index (χ3v) is 2.31. The molecule has 5 nitrogen and oxygen atoms in total. The second-order valence-electron chi connectivity index (χ2n) is 3.54. The Hall–Kier alpha value is -2.17. The summed E-state index contributed by atoms with van der Waals surface area (Å²) < 4.78 is 1.62. The van der Waals surface area contributed by atoms with Crippen molar-refractivity contribution in [2.75, 3.05) is 5.32 Å². The Labute approximate surface area is 92.1 Å². The standard InChI is InChI=1S/C11H11N3O2/c1-7(16)12-8-3-4-9-10(6-15)13-14(2)11(9)5-8/h3-6H,1-2H3,(H,12,16). The second-order valence-corrected chi connectivity index (χ2v) is 3.54. The van der Waals surface area contributed by atoms with Crippen molar-refractivity contribution >= 4 is 28.8 Å². The van der Waals surface area contributed by atoms with E-state index in [0.717, 1.165) is 17.2 Å². The normalized spacial score (nSPS) is 10.4. The molecule has 0 aliphatic carbocycles. The van der Waals surface area contributed by atoms with E-state index in [4.69, 9.17) is 0 Å². The fraction of sp³-hybridized carbons (Fsp3) is 0.182. The molecule has 0 radical (unpaired) electrons. The van der Waals surface area contributed by atoms with Gasteiger partial charge >= 0.3 is 0 Å². The van der Waals surface area contributed by atoms with Gasteiger partial charge in [-0.3, -0.25) is 14.3 Å². The molecule has 0 saturated carbocycles. The number of anilines is 1. The van der Waals surface area contributed by atoms with Crippen molar-refractivity contribution in [3.63, 3.8) is 0 Å². The van der Waals surface area contributed by atoms with Crippen molar-refractivity contribution in [2.24, 2.45) is 7.05 Å². The monoisotopic (exact) mass is 217 g/mol. The molecule has 5 heteroatoms. The van der Waals surface area contributed by atoms with Crippen LogP contribution >= 0.6 is 0 Å².